The summed E-state index contributed by atoms with van der Waals surface area (Å²) in [5.41, 5.74) is 12.4. The van der Waals surface area contributed by atoms with E-state index in [-0.39, 0.29) is 10.8 Å². The first-order valence-corrected chi connectivity index (χ1v) is 9.32. The number of benzene rings is 3. The molecule has 2 N–H and O–H groups in total. The minimum atomic E-state index is -0.0985. The Hall–Kier alpha value is -2.38. The van der Waals surface area contributed by atoms with Gasteiger partial charge in [0.2, 0.25) is 0 Å². The Balaban J connectivity index is 2.07. The predicted octanol–water partition coefficient (Wildman–Crippen LogP) is 5.80. The van der Waals surface area contributed by atoms with Crippen LogP contribution in [-0.4, -0.2) is 0 Å². The minimum Gasteiger partial charge on any atom is -0.326 e. The number of hydrogen-bond acceptors (Lipinski definition) is 1. The third-order valence-corrected chi connectivity index (χ3v) is 5.71. The summed E-state index contributed by atoms with van der Waals surface area (Å²) in [6, 6.07) is 28.2. The van der Waals surface area contributed by atoms with Crippen LogP contribution in [0.15, 0.2) is 78.9 Å². The average Bonchev–Trinajstić information content (AvgIpc) is 2.68. The van der Waals surface area contributed by atoms with Gasteiger partial charge in [0.15, 0.2) is 0 Å². The van der Waals surface area contributed by atoms with Gasteiger partial charge in [0.25, 0.3) is 0 Å². The van der Waals surface area contributed by atoms with E-state index in [0.717, 1.165) is 0 Å². The van der Waals surface area contributed by atoms with Crippen LogP contribution in [0.25, 0.3) is 0 Å². The molecule has 3 aromatic rings. The van der Waals surface area contributed by atoms with Gasteiger partial charge in [-0.3, -0.25) is 0 Å². The molecule has 0 radical (unpaired) electrons. The molecule has 0 spiro atoms. The Morgan fingerprint density at radius 3 is 1.81 bits per heavy atom. The maximum atomic E-state index is 6.00. The fourth-order valence-electron chi connectivity index (χ4n) is 3.78. The normalized spacial score (nSPS) is 12.2. The number of rotatable bonds is 5. The standard InChI is InChI=1S/C25H29N/c1-24(2,20-12-6-5-7-13-20)21-14-10-15-22(17-21)25(3,4)23-16-9-8-11-19(23)18-26/h5-17H,18,26H2,1-4H3. The third-order valence-electron chi connectivity index (χ3n) is 5.71. The second-order valence-electron chi connectivity index (χ2n) is 8.06. The van der Waals surface area contributed by atoms with Crippen LogP contribution in [0.2, 0.25) is 0 Å². The molecule has 0 atom stereocenters. The van der Waals surface area contributed by atoms with E-state index in [1.807, 2.05) is 0 Å². The van der Waals surface area contributed by atoms with Crippen LogP contribution in [0.3, 0.4) is 0 Å². The zero-order chi connectivity index (χ0) is 18.8. The quantitative estimate of drug-likeness (QED) is 0.623. The lowest BCUT2D eigenvalue weighted by molar-refractivity contribution is 0.613. The summed E-state index contributed by atoms with van der Waals surface area (Å²) in [4.78, 5) is 0. The summed E-state index contributed by atoms with van der Waals surface area (Å²) in [6.45, 7) is 9.73. The molecule has 0 unspecified atom stereocenters. The molecule has 134 valence electrons. The first kappa shape index (κ1) is 18.4. The van der Waals surface area contributed by atoms with Gasteiger partial charge in [0.1, 0.15) is 0 Å². The summed E-state index contributed by atoms with van der Waals surface area (Å²) in [7, 11) is 0. The molecule has 3 aromatic carbocycles. The highest BCUT2D eigenvalue weighted by molar-refractivity contribution is 5.46. The molecule has 1 nitrogen and oxygen atoms in total. The molecular weight excluding hydrogens is 314 g/mol. The second-order valence-corrected chi connectivity index (χ2v) is 8.06. The zero-order valence-corrected chi connectivity index (χ0v) is 16.3. The molecule has 0 saturated carbocycles. The van der Waals surface area contributed by atoms with Crippen molar-refractivity contribution in [2.75, 3.05) is 0 Å². The van der Waals surface area contributed by atoms with Gasteiger partial charge >= 0.3 is 0 Å². The molecule has 0 aliphatic carbocycles. The molecule has 0 amide bonds. The van der Waals surface area contributed by atoms with E-state index in [2.05, 4.69) is 107 Å². The maximum absolute atomic E-state index is 6.00. The Labute approximate surface area is 157 Å². The molecule has 0 saturated heterocycles. The molecule has 0 fully saturated rings. The van der Waals surface area contributed by atoms with E-state index in [1.54, 1.807) is 0 Å². The van der Waals surface area contributed by atoms with Gasteiger partial charge in [-0.1, -0.05) is 107 Å². The topological polar surface area (TPSA) is 26.0 Å². The monoisotopic (exact) mass is 343 g/mol. The van der Waals surface area contributed by atoms with Crippen molar-refractivity contribution in [3.63, 3.8) is 0 Å². The van der Waals surface area contributed by atoms with Crippen molar-refractivity contribution in [2.45, 2.75) is 45.1 Å². The predicted molar refractivity (Wildman–Crippen MR) is 111 cm³/mol. The van der Waals surface area contributed by atoms with Crippen molar-refractivity contribution in [3.8, 4) is 0 Å². The third kappa shape index (κ3) is 3.32. The SMILES string of the molecule is CC(C)(c1ccccc1)c1cccc(C(C)(C)c2ccccc2CN)c1. The molecule has 0 bridgehead atoms. The van der Waals surface area contributed by atoms with Gasteiger partial charge in [-0.15, -0.1) is 0 Å². The molecule has 0 aliphatic heterocycles. The summed E-state index contributed by atoms with van der Waals surface area (Å²) in [6.07, 6.45) is 0. The molecule has 0 aromatic heterocycles. The summed E-state index contributed by atoms with van der Waals surface area (Å²) < 4.78 is 0. The van der Waals surface area contributed by atoms with Crippen molar-refractivity contribution >= 4 is 0 Å². The van der Waals surface area contributed by atoms with Crippen LogP contribution in [0.4, 0.5) is 0 Å². The van der Waals surface area contributed by atoms with Crippen LogP contribution in [0, 0.1) is 0 Å². The Morgan fingerprint density at radius 2 is 1.15 bits per heavy atom. The minimum absolute atomic E-state index is 0.0409. The lowest BCUT2D eigenvalue weighted by Gasteiger charge is -2.32. The fraction of sp³-hybridized carbons (Fsp3) is 0.280. The number of hydrogen-bond donors (Lipinski definition) is 1. The molecule has 1 heteroatoms. The smallest absolute Gasteiger partial charge is 0.0181 e. The van der Waals surface area contributed by atoms with E-state index in [1.165, 1.54) is 27.8 Å². The van der Waals surface area contributed by atoms with Crippen molar-refractivity contribution in [1.29, 1.82) is 0 Å². The Morgan fingerprint density at radius 1 is 0.615 bits per heavy atom. The Bertz CT molecular complexity index is 875. The van der Waals surface area contributed by atoms with Gasteiger partial charge in [-0.2, -0.15) is 0 Å². The van der Waals surface area contributed by atoms with Crippen LogP contribution < -0.4 is 5.73 Å². The average molecular weight is 344 g/mol. The Kier molecular flexibility index (Phi) is 5.02. The highest BCUT2D eigenvalue weighted by atomic mass is 14.5. The van der Waals surface area contributed by atoms with Crippen LogP contribution in [0.5, 0.6) is 0 Å². The van der Waals surface area contributed by atoms with Gasteiger partial charge in [-0.25, -0.2) is 0 Å². The van der Waals surface area contributed by atoms with Crippen molar-refractivity contribution in [1.82, 2.24) is 0 Å². The lowest BCUT2D eigenvalue weighted by atomic mass is 9.72. The van der Waals surface area contributed by atoms with E-state index >= 15 is 0 Å². The van der Waals surface area contributed by atoms with Crippen LogP contribution in [-0.2, 0) is 17.4 Å². The first-order chi connectivity index (χ1) is 12.4. The molecule has 3 rings (SSSR count). The summed E-state index contributed by atoms with van der Waals surface area (Å²) in [5.74, 6) is 0. The van der Waals surface area contributed by atoms with Crippen molar-refractivity contribution in [2.24, 2.45) is 5.73 Å². The zero-order valence-electron chi connectivity index (χ0n) is 16.3. The maximum Gasteiger partial charge on any atom is 0.0181 e. The molecule has 0 heterocycles. The highest BCUT2D eigenvalue weighted by Gasteiger charge is 2.28. The van der Waals surface area contributed by atoms with Crippen molar-refractivity contribution < 1.29 is 0 Å². The first-order valence-electron chi connectivity index (χ1n) is 9.32. The second kappa shape index (κ2) is 7.09. The van der Waals surface area contributed by atoms with Crippen LogP contribution in [0.1, 0.15) is 55.5 Å². The van der Waals surface area contributed by atoms with E-state index in [0.29, 0.717) is 6.54 Å². The van der Waals surface area contributed by atoms with Crippen molar-refractivity contribution in [3.05, 3.63) is 107 Å². The summed E-state index contributed by atoms with van der Waals surface area (Å²) in [5, 5.41) is 0. The molecule has 26 heavy (non-hydrogen) atoms. The molecular formula is C25H29N. The van der Waals surface area contributed by atoms with Crippen LogP contribution >= 0.6 is 0 Å². The highest BCUT2D eigenvalue weighted by Crippen LogP contribution is 2.37. The number of nitrogens with two attached hydrogens (primary N) is 1. The van der Waals surface area contributed by atoms with Gasteiger partial charge in [0, 0.05) is 17.4 Å². The van der Waals surface area contributed by atoms with E-state index < -0.39 is 0 Å². The van der Waals surface area contributed by atoms with Gasteiger partial charge in [-0.05, 0) is 27.8 Å². The van der Waals surface area contributed by atoms with Gasteiger partial charge < -0.3 is 5.73 Å². The van der Waals surface area contributed by atoms with Gasteiger partial charge in [0.05, 0.1) is 0 Å². The fourth-order valence-corrected chi connectivity index (χ4v) is 3.78. The largest absolute Gasteiger partial charge is 0.326 e. The summed E-state index contributed by atoms with van der Waals surface area (Å²) >= 11 is 0. The molecule has 0 aliphatic rings. The lowest BCUT2D eigenvalue weighted by Crippen LogP contribution is -2.24. The van der Waals surface area contributed by atoms with E-state index in [4.69, 9.17) is 5.73 Å². The van der Waals surface area contributed by atoms with E-state index in [9.17, 15) is 0 Å².